The molecule has 1 fully saturated rings. The van der Waals surface area contributed by atoms with Crippen LogP contribution in [0.2, 0.25) is 0 Å². The molecular weight excluding hydrogens is 250 g/mol. The van der Waals surface area contributed by atoms with Crippen molar-refractivity contribution in [3.8, 4) is 0 Å². The Kier molecular flexibility index (Phi) is 6.37. The van der Waals surface area contributed by atoms with Crippen LogP contribution in [0.3, 0.4) is 0 Å². The van der Waals surface area contributed by atoms with Crippen molar-refractivity contribution in [3.63, 3.8) is 0 Å². The fourth-order valence-corrected chi connectivity index (χ4v) is 3.14. The van der Waals surface area contributed by atoms with Crippen molar-refractivity contribution in [3.05, 3.63) is 12.4 Å². The van der Waals surface area contributed by atoms with Gasteiger partial charge in [0, 0.05) is 38.2 Å². The molecule has 0 saturated heterocycles. The largest absolute Gasteiger partial charge is 0.382 e. The molecule has 0 radical (unpaired) electrons. The van der Waals surface area contributed by atoms with Crippen molar-refractivity contribution in [2.75, 3.05) is 25.1 Å². The van der Waals surface area contributed by atoms with Gasteiger partial charge in [-0.15, -0.1) is 0 Å². The number of aromatic nitrogens is 2. The first-order valence-electron chi connectivity index (χ1n) is 8.17. The lowest BCUT2D eigenvalue weighted by molar-refractivity contribution is 0.147. The lowest BCUT2D eigenvalue weighted by Gasteiger charge is -2.29. The number of nitrogens with one attached hydrogen (secondary N) is 1. The van der Waals surface area contributed by atoms with Gasteiger partial charge in [0.2, 0.25) is 5.95 Å². The molecule has 0 bridgehead atoms. The molecule has 1 saturated carbocycles. The fraction of sp³-hybridized carbons (Fsp3) is 0.812. The molecule has 4 nitrogen and oxygen atoms in total. The van der Waals surface area contributed by atoms with E-state index in [0.717, 1.165) is 38.0 Å². The molecule has 114 valence electrons. The predicted octanol–water partition coefficient (Wildman–Crippen LogP) is 3.86. The highest BCUT2D eigenvalue weighted by Gasteiger charge is 2.22. The van der Waals surface area contributed by atoms with E-state index in [1.54, 1.807) is 0 Å². The van der Waals surface area contributed by atoms with E-state index < -0.39 is 0 Å². The molecule has 2 rings (SSSR count). The van der Waals surface area contributed by atoms with E-state index in [0.29, 0.717) is 6.04 Å². The second-order valence-electron chi connectivity index (χ2n) is 5.77. The van der Waals surface area contributed by atoms with Gasteiger partial charge < -0.3 is 14.6 Å². The molecule has 0 aromatic carbocycles. The summed E-state index contributed by atoms with van der Waals surface area (Å²) < 4.78 is 7.67. The molecule has 20 heavy (non-hydrogen) atoms. The normalized spacial score (nSPS) is 18.1. The molecule has 4 heteroatoms. The van der Waals surface area contributed by atoms with Crippen LogP contribution in [0.15, 0.2) is 12.4 Å². The summed E-state index contributed by atoms with van der Waals surface area (Å²) in [5.41, 5.74) is 0. The SMILES string of the molecule is CCOCCCNc1nccn1C(C)C1CCCCC1. The summed E-state index contributed by atoms with van der Waals surface area (Å²) in [6.07, 6.45) is 12.0. The van der Waals surface area contributed by atoms with Crippen molar-refractivity contribution < 1.29 is 4.74 Å². The Morgan fingerprint density at radius 2 is 2.20 bits per heavy atom. The van der Waals surface area contributed by atoms with Crippen LogP contribution in [-0.2, 0) is 4.74 Å². The van der Waals surface area contributed by atoms with Crippen LogP contribution < -0.4 is 5.32 Å². The van der Waals surface area contributed by atoms with E-state index in [1.165, 1.54) is 32.1 Å². The Balaban J connectivity index is 1.83. The van der Waals surface area contributed by atoms with Gasteiger partial charge in [-0.2, -0.15) is 0 Å². The number of hydrogen-bond acceptors (Lipinski definition) is 3. The minimum absolute atomic E-state index is 0.548. The van der Waals surface area contributed by atoms with Crippen LogP contribution in [-0.4, -0.2) is 29.3 Å². The zero-order chi connectivity index (χ0) is 14.2. The molecule has 1 aliphatic rings. The van der Waals surface area contributed by atoms with Crippen molar-refractivity contribution in [2.24, 2.45) is 5.92 Å². The molecule has 0 aliphatic heterocycles. The van der Waals surface area contributed by atoms with Crippen molar-refractivity contribution >= 4 is 5.95 Å². The average molecular weight is 279 g/mol. The molecule has 1 heterocycles. The lowest BCUT2D eigenvalue weighted by atomic mass is 9.84. The topological polar surface area (TPSA) is 39.1 Å². The highest BCUT2D eigenvalue weighted by molar-refractivity contribution is 5.26. The van der Waals surface area contributed by atoms with Crippen LogP contribution in [0.1, 0.15) is 58.4 Å². The predicted molar refractivity (Wildman–Crippen MR) is 83.1 cm³/mol. The summed E-state index contributed by atoms with van der Waals surface area (Å²) in [5, 5.41) is 3.44. The van der Waals surface area contributed by atoms with Gasteiger partial charge in [0.1, 0.15) is 0 Å². The Bertz CT molecular complexity index is 372. The summed E-state index contributed by atoms with van der Waals surface area (Å²) in [7, 11) is 0. The minimum atomic E-state index is 0.548. The number of rotatable bonds is 8. The van der Waals surface area contributed by atoms with Gasteiger partial charge in [0.05, 0.1) is 0 Å². The molecule has 1 aromatic rings. The zero-order valence-corrected chi connectivity index (χ0v) is 13.0. The molecule has 1 atom stereocenters. The molecule has 1 aromatic heterocycles. The van der Waals surface area contributed by atoms with Gasteiger partial charge in [-0.3, -0.25) is 0 Å². The van der Waals surface area contributed by atoms with Gasteiger partial charge in [-0.05, 0) is 39.0 Å². The van der Waals surface area contributed by atoms with Gasteiger partial charge >= 0.3 is 0 Å². The van der Waals surface area contributed by atoms with E-state index in [4.69, 9.17) is 4.74 Å². The molecule has 1 unspecified atom stereocenters. The minimum Gasteiger partial charge on any atom is -0.382 e. The highest BCUT2D eigenvalue weighted by atomic mass is 16.5. The van der Waals surface area contributed by atoms with Crippen LogP contribution >= 0.6 is 0 Å². The smallest absolute Gasteiger partial charge is 0.203 e. The average Bonchev–Trinajstić information content (AvgIpc) is 2.95. The van der Waals surface area contributed by atoms with E-state index in [2.05, 4.69) is 28.0 Å². The number of imidazole rings is 1. The highest BCUT2D eigenvalue weighted by Crippen LogP contribution is 2.33. The third-order valence-corrected chi connectivity index (χ3v) is 4.39. The maximum Gasteiger partial charge on any atom is 0.203 e. The summed E-state index contributed by atoms with van der Waals surface area (Å²) in [4.78, 5) is 4.46. The quantitative estimate of drug-likeness (QED) is 0.734. The molecule has 1 aliphatic carbocycles. The standard InChI is InChI=1S/C16H29N3O/c1-3-20-13-7-10-17-16-18-11-12-19(16)14(2)15-8-5-4-6-9-15/h11-12,14-15H,3-10,13H2,1-2H3,(H,17,18). The Morgan fingerprint density at radius 3 is 2.95 bits per heavy atom. The van der Waals surface area contributed by atoms with Gasteiger partial charge in [-0.1, -0.05) is 19.3 Å². The van der Waals surface area contributed by atoms with E-state index in [9.17, 15) is 0 Å². The van der Waals surface area contributed by atoms with E-state index >= 15 is 0 Å². The van der Waals surface area contributed by atoms with E-state index in [-0.39, 0.29) is 0 Å². The van der Waals surface area contributed by atoms with Gasteiger partial charge in [0.15, 0.2) is 0 Å². The molecule has 1 N–H and O–H groups in total. The first-order chi connectivity index (χ1) is 9.83. The summed E-state index contributed by atoms with van der Waals surface area (Å²) in [5.74, 6) is 1.82. The second-order valence-corrected chi connectivity index (χ2v) is 5.77. The van der Waals surface area contributed by atoms with Gasteiger partial charge in [-0.25, -0.2) is 4.98 Å². The third kappa shape index (κ3) is 4.23. The monoisotopic (exact) mass is 279 g/mol. The van der Waals surface area contributed by atoms with Crippen LogP contribution in [0.25, 0.3) is 0 Å². The molecule has 0 amide bonds. The first-order valence-corrected chi connectivity index (χ1v) is 8.17. The number of ether oxygens (including phenoxy) is 1. The Labute approximate surface area is 122 Å². The lowest BCUT2D eigenvalue weighted by Crippen LogP contribution is -2.21. The second kappa shape index (κ2) is 8.30. The molecular formula is C16H29N3O. The van der Waals surface area contributed by atoms with Crippen LogP contribution in [0, 0.1) is 5.92 Å². The maximum absolute atomic E-state index is 5.36. The summed E-state index contributed by atoms with van der Waals surface area (Å²) >= 11 is 0. The summed E-state index contributed by atoms with van der Waals surface area (Å²) in [6.45, 7) is 6.92. The van der Waals surface area contributed by atoms with Gasteiger partial charge in [0.25, 0.3) is 0 Å². The zero-order valence-electron chi connectivity index (χ0n) is 13.0. The maximum atomic E-state index is 5.36. The fourth-order valence-electron chi connectivity index (χ4n) is 3.14. The Morgan fingerprint density at radius 1 is 1.40 bits per heavy atom. The molecule has 0 spiro atoms. The number of anilines is 1. The first kappa shape index (κ1) is 15.4. The number of nitrogens with zero attached hydrogens (tertiary/aromatic N) is 2. The van der Waals surface area contributed by atoms with Crippen LogP contribution in [0.4, 0.5) is 5.95 Å². The number of hydrogen-bond donors (Lipinski definition) is 1. The van der Waals surface area contributed by atoms with Crippen molar-refractivity contribution in [2.45, 2.75) is 58.4 Å². The Hall–Kier alpha value is -1.03. The van der Waals surface area contributed by atoms with E-state index in [1.807, 2.05) is 13.1 Å². The van der Waals surface area contributed by atoms with Crippen molar-refractivity contribution in [1.82, 2.24) is 9.55 Å². The van der Waals surface area contributed by atoms with Crippen molar-refractivity contribution in [1.29, 1.82) is 0 Å². The summed E-state index contributed by atoms with van der Waals surface area (Å²) in [6, 6.07) is 0.548. The third-order valence-electron chi connectivity index (χ3n) is 4.39. The van der Waals surface area contributed by atoms with Crippen LogP contribution in [0.5, 0.6) is 0 Å².